The van der Waals surface area contributed by atoms with E-state index in [2.05, 4.69) is 10.3 Å². The molecule has 2 fully saturated rings. The molecule has 0 aromatic carbocycles. The Balaban J connectivity index is 1.95. The van der Waals surface area contributed by atoms with Crippen LogP contribution in [0.3, 0.4) is 0 Å². The molecule has 0 amide bonds. The molecule has 6 N–H and O–H groups in total. The standard InChI is InChI=1S/C15H22N4O4/c16-8-3-4-9(13-10(7-20)17-6-12(13)21)18-14(8)19-5-1-2-11(19)15(22)23/h3-4,10-13,17,20-21H,1-2,5-7,16H2,(H,22,23). The number of carboxylic acid groups (broad SMARTS) is 1. The minimum atomic E-state index is -0.884. The maximum absolute atomic E-state index is 11.4. The molecule has 0 bridgehead atoms. The van der Waals surface area contributed by atoms with Crippen molar-refractivity contribution in [2.24, 2.45) is 0 Å². The molecule has 3 heterocycles. The largest absolute Gasteiger partial charge is 0.480 e. The van der Waals surface area contributed by atoms with E-state index in [1.54, 1.807) is 17.0 Å². The summed E-state index contributed by atoms with van der Waals surface area (Å²) >= 11 is 0. The molecule has 2 saturated heterocycles. The van der Waals surface area contributed by atoms with E-state index >= 15 is 0 Å². The second-order valence-electron chi connectivity index (χ2n) is 6.13. The lowest BCUT2D eigenvalue weighted by Crippen LogP contribution is -2.37. The number of rotatable bonds is 4. The third-order valence-electron chi connectivity index (χ3n) is 4.71. The molecule has 0 radical (unpaired) electrons. The fourth-order valence-electron chi connectivity index (χ4n) is 3.54. The van der Waals surface area contributed by atoms with Gasteiger partial charge in [-0.15, -0.1) is 0 Å². The van der Waals surface area contributed by atoms with Crippen LogP contribution in [0.4, 0.5) is 11.5 Å². The summed E-state index contributed by atoms with van der Waals surface area (Å²) in [6.07, 6.45) is 0.688. The van der Waals surface area contributed by atoms with Crippen molar-refractivity contribution in [3.8, 4) is 0 Å². The van der Waals surface area contributed by atoms with Crippen LogP contribution >= 0.6 is 0 Å². The summed E-state index contributed by atoms with van der Waals surface area (Å²) < 4.78 is 0. The topological polar surface area (TPSA) is 132 Å². The first-order valence-electron chi connectivity index (χ1n) is 7.81. The first-order chi connectivity index (χ1) is 11.0. The van der Waals surface area contributed by atoms with Gasteiger partial charge in [0.05, 0.1) is 24.1 Å². The van der Waals surface area contributed by atoms with Crippen LogP contribution in [0.15, 0.2) is 12.1 Å². The van der Waals surface area contributed by atoms with Crippen LogP contribution in [0.5, 0.6) is 0 Å². The van der Waals surface area contributed by atoms with E-state index in [4.69, 9.17) is 5.73 Å². The van der Waals surface area contributed by atoms with Gasteiger partial charge in [-0.25, -0.2) is 9.78 Å². The first kappa shape index (κ1) is 16.0. The third kappa shape index (κ3) is 2.85. The zero-order valence-corrected chi connectivity index (χ0v) is 12.7. The summed E-state index contributed by atoms with van der Waals surface area (Å²) in [6.45, 7) is 0.871. The summed E-state index contributed by atoms with van der Waals surface area (Å²) in [5.41, 5.74) is 7.04. The molecule has 3 rings (SSSR count). The Morgan fingerprint density at radius 3 is 2.96 bits per heavy atom. The van der Waals surface area contributed by atoms with E-state index in [0.29, 0.717) is 36.7 Å². The Bertz CT molecular complexity index is 597. The monoisotopic (exact) mass is 322 g/mol. The average Bonchev–Trinajstić information content (AvgIpc) is 3.14. The SMILES string of the molecule is Nc1ccc(C2C(O)CNC2CO)nc1N1CCCC1C(=O)O. The predicted molar refractivity (Wildman–Crippen MR) is 84.3 cm³/mol. The van der Waals surface area contributed by atoms with Gasteiger partial charge in [-0.1, -0.05) is 0 Å². The number of aliphatic hydroxyl groups excluding tert-OH is 2. The number of aliphatic hydroxyl groups is 2. The Morgan fingerprint density at radius 1 is 1.48 bits per heavy atom. The van der Waals surface area contributed by atoms with E-state index in [0.717, 1.165) is 6.42 Å². The molecule has 0 saturated carbocycles. The van der Waals surface area contributed by atoms with Crippen molar-refractivity contribution < 1.29 is 20.1 Å². The lowest BCUT2D eigenvalue weighted by Gasteiger charge is -2.26. The van der Waals surface area contributed by atoms with E-state index < -0.39 is 18.1 Å². The minimum Gasteiger partial charge on any atom is -0.480 e. The number of nitrogen functional groups attached to an aromatic ring is 1. The number of hydrogen-bond donors (Lipinski definition) is 5. The molecule has 2 aliphatic heterocycles. The van der Waals surface area contributed by atoms with Crippen LogP contribution in [0.2, 0.25) is 0 Å². The summed E-state index contributed by atoms with van der Waals surface area (Å²) in [6, 6.07) is 2.52. The number of aromatic nitrogens is 1. The van der Waals surface area contributed by atoms with Gasteiger partial charge in [0.2, 0.25) is 0 Å². The van der Waals surface area contributed by atoms with Crippen LogP contribution in [-0.4, -0.2) is 64.2 Å². The predicted octanol–water partition coefficient (Wildman–Crippen LogP) is -0.874. The molecule has 4 atom stereocenters. The van der Waals surface area contributed by atoms with Crippen LogP contribution in [0.25, 0.3) is 0 Å². The van der Waals surface area contributed by atoms with Gasteiger partial charge >= 0.3 is 5.97 Å². The molecular formula is C15H22N4O4. The zero-order valence-electron chi connectivity index (χ0n) is 12.7. The molecule has 2 aliphatic rings. The Hall–Kier alpha value is -1.90. The van der Waals surface area contributed by atoms with Gasteiger partial charge in [0, 0.05) is 25.0 Å². The normalized spacial score (nSPS) is 30.8. The van der Waals surface area contributed by atoms with Crippen molar-refractivity contribution in [1.82, 2.24) is 10.3 Å². The van der Waals surface area contributed by atoms with Gasteiger partial charge in [-0.2, -0.15) is 0 Å². The Labute approximate surface area is 133 Å². The number of pyridine rings is 1. The first-order valence-corrected chi connectivity index (χ1v) is 7.81. The summed E-state index contributed by atoms with van der Waals surface area (Å²) in [5.74, 6) is -0.779. The van der Waals surface area contributed by atoms with E-state index in [-0.39, 0.29) is 18.6 Å². The van der Waals surface area contributed by atoms with Crippen LogP contribution in [0.1, 0.15) is 24.5 Å². The molecule has 0 spiro atoms. The zero-order chi connectivity index (χ0) is 16.6. The molecule has 0 aliphatic carbocycles. The highest BCUT2D eigenvalue weighted by Gasteiger charge is 2.38. The lowest BCUT2D eigenvalue weighted by atomic mass is 9.94. The van der Waals surface area contributed by atoms with Gasteiger partial charge in [0.15, 0.2) is 5.82 Å². The van der Waals surface area contributed by atoms with Crippen molar-refractivity contribution in [1.29, 1.82) is 0 Å². The van der Waals surface area contributed by atoms with Crippen molar-refractivity contribution in [2.45, 2.75) is 36.9 Å². The smallest absolute Gasteiger partial charge is 0.326 e. The highest BCUT2D eigenvalue weighted by molar-refractivity contribution is 5.80. The number of nitrogens with zero attached hydrogens (tertiary/aromatic N) is 2. The minimum absolute atomic E-state index is 0.107. The van der Waals surface area contributed by atoms with Gasteiger partial charge < -0.3 is 31.3 Å². The number of nitrogens with two attached hydrogens (primary N) is 1. The Kier molecular flexibility index (Phi) is 4.38. The van der Waals surface area contributed by atoms with Crippen LogP contribution in [-0.2, 0) is 4.79 Å². The Morgan fingerprint density at radius 2 is 2.26 bits per heavy atom. The molecule has 4 unspecified atom stereocenters. The number of anilines is 2. The average molecular weight is 322 g/mol. The molecule has 8 heteroatoms. The van der Waals surface area contributed by atoms with Gasteiger partial charge in [-0.05, 0) is 25.0 Å². The second kappa shape index (κ2) is 6.31. The van der Waals surface area contributed by atoms with Crippen molar-refractivity contribution in [3.63, 3.8) is 0 Å². The van der Waals surface area contributed by atoms with Crippen molar-refractivity contribution in [3.05, 3.63) is 17.8 Å². The fraction of sp³-hybridized carbons (Fsp3) is 0.600. The molecule has 23 heavy (non-hydrogen) atoms. The van der Waals surface area contributed by atoms with Gasteiger partial charge in [0.1, 0.15) is 6.04 Å². The number of hydrogen-bond acceptors (Lipinski definition) is 7. The summed E-state index contributed by atoms with van der Waals surface area (Å²) in [7, 11) is 0. The van der Waals surface area contributed by atoms with Crippen LogP contribution in [0, 0.1) is 0 Å². The molecule has 8 nitrogen and oxygen atoms in total. The number of aliphatic carboxylic acids is 1. The lowest BCUT2D eigenvalue weighted by molar-refractivity contribution is -0.138. The van der Waals surface area contributed by atoms with Crippen LogP contribution < -0.4 is 16.0 Å². The van der Waals surface area contributed by atoms with Crippen molar-refractivity contribution >= 4 is 17.5 Å². The number of β-amino-alcohol motifs (C(OH)–C–C–N with tert-alkyl or cyclic N) is 1. The quantitative estimate of drug-likeness (QED) is 0.483. The van der Waals surface area contributed by atoms with E-state index in [9.17, 15) is 20.1 Å². The van der Waals surface area contributed by atoms with E-state index in [1.165, 1.54) is 0 Å². The molecule has 1 aromatic rings. The maximum atomic E-state index is 11.4. The molecule has 1 aromatic heterocycles. The molecule has 126 valence electrons. The van der Waals surface area contributed by atoms with Crippen molar-refractivity contribution in [2.75, 3.05) is 30.3 Å². The highest BCUT2D eigenvalue weighted by Crippen LogP contribution is 2.33. The number of carbonyl (C=O) groups is 1. The summed E-state index contributed by atoms with van der Waals surface area (Å²) in [5, 5.41) is 32.0. The third-order valence-corrected chi connectivity index (χ3v) is 4.71. The highest BCUT2D eigenvalue weighted by atomic mass is 16.4. The van der Waals surface area contributed by atoms with E-state index in [1.807, 2.05) is 0 Å². The summed E-state index contributed by atoms with van der Waals surface area (Å²) in [4.78, 5) is 17.7. The second-order valence-corrected chi connectivity index (χ2v) is 6.13. The van der Waals surface area contributed by atoms with Gasteiger partial charge in [0.25, 0.3) is 0 Å². The number of carboxylic acids is 1. The fourth-order valence-corrected chi connectivity index (χ4v) is 3.54. The number of nitrogens with one attached hydrogen (secondary N) is 1. The molecular weight excluding hydrogens is 300 g/mol. The van der Waals surface area contributed by atoms with Gasteiger partial charge in [-0.3, -0.25) is 0 Å². The maximum Gasteiger partial charge on any atom is 0.326 e.